The first-order chi connectivity index (χ1) is 8.49. The van der Waals surface area contributed by atoms with Crippen molar-refractivity contribution in [2.45, 2.75) is 40.2 Å². The molecule has 0 aliphatic heterocycles. The van der Waals surface area contributed by atoms with Gasteiger partial charge in [-0.1, -0.05) is 32.9 Å². The first-order valence-electron chi connectivity index (χ1n) is 6.87. The Kier molecular flexibility index (Phi) is 3.67. The normalized spacial score (nSPS) is 22.6. The second-order valence-corrected chi connectivity index (χ2v) is 6.06. The molecule has 0 spiro atoms. The molecule has 1 aromatic carbocycles. The molecule has 100 valence electrons. The maximum Gasteiger partial charge on any atom is 0.121 e. The fourth-order valence-electron chi connectivity index (χ4n) is 2.88. The molecule has 2 heteroatoms. The number of hydrogen-bond acceptors (Lipinski definition) is 2. The van der Waals surface area contributed by atoms with Gasteiger partial charge in [-0.15, -0.1) is 0 Å². The van der Waals surface area contributed by atoms with Crippen LogP contribution in [0.15, 0.2) is 18.2 Å². The van der Waals surface area contributed by atoms with Crippen molar-refractivity contribution in [1.29, 1.82) is 0 Å². The molecule has 0 amide bonds. The Hall–Kier alpha value is -1.02. The van der Waals surface area contributed by atoms with E-state index in [1.807, 2.05) is 0 Å². The van der Waals surface area contributed by atoms with Crippen molar-refractivity contribution in [2.75, 3.05) is 13.7 Å². The minimum Gasteiger partial charge on any atom is -0.496 e. The Balaban J connectivity index is 2.23. The smallest absolute Gasteiger partial charge is 0.121 e. The topological polar surface area (TPSA) is 21.3 Å². The van der Waals surface area contributed by atoms with E-state index in [1.165, 1.54) is 17.5 Å². The van der Waals surface area contributed by atoms with E-state index in [-0.39, 0.29) is 0 Å². The third-order valence-electron chi connectivity index (χ3n) is 4.19. The number of ether oxygens (including phenoxy) is 1. The minimum atomic E-state index is 0.481. The Bertz CT molecular complexity index is 425. The van der Waals surface area contributed by atoms with Crippen LogP contribution in [-0.2, 0) is 0 Å². The maximum absolute atomic E-state index is 5.34. The quantitative estimate of drug-likeness (QED) is 0.856. The van der Waals surface area contributed by atoms with Gasteiger partial charge in [0, 0.05) is 6.04 Å². The van der Waals surface area contributed by atoms with Crippen LogP contribution in [0.5, 0.6) is 5.75 Å². The number of nitrogens with one attached hydrogen (secondary N) is 1. The van der Waals surface area contributed by atoms with E-state index in [4.69, 9.17) is 4.74 Å². The van der Waals surface area contributed by atoms with Crippen LogP contribution in [0.1, 0.15) is 44.4 Å². The fourth-order valence-corrected chi connectivity index (χ4v) is 2.88. The molecule has 1 N–H and O–H groups in total. The number of aryl methyl sites for hydroxylation is 1. The number of rotatable bonds is 5. The summed E-state index contributed by atoms with van der Waals surface area (Å²) >= 11 is 0. The number of hydrogen-bond donors (Lipinski definition) is 1. The minimum absolute atomic E-state index is 0.481. The fraction of sp³-hybridized carbons (Fsp3) is 0.625. The second-order valence-electron chi connectivity index (χ2n) is 6.06. The molecule has 1 aliphatic rings. The van der Waals surface area contributed by atoms with Gasteiger partial charge in [0.05, 0.1) is 7.11 Å². The molecule has 18 heavy (non-hydrogen) atoms. The van der Waals surface area contributed by atoms with Crippen LogP contribution in [0.25, 0.3) is 0 Å². The van der Waals surface area contributed by atoms with Gasteiger partial charge in [0.2, 0.25) is 0 Å². The predicted molar refractivity (Wildman–Crippen MR) is 76.0 cm³/mol. The molecule has 2 nitrogen and oxygen atoms in total. The lowest BCUT2D eigenvalue weighted by Crippen LogP contribution is -2.24. The van der Waals surface area contributed by atoms with E-state index in [0.29, 0.717) is 11.5 Å². The number of methoxy groups -OCH3 is 1. The molecule has 2 unspecified atom stereocenters. The summed E-state index contributed by atoms with van der Waals surface area (Å²) < 4.78 is 5.34. The highest BCUT2D eigenvalue weighted by Gasteiger charge is 2.50. The zero-order chi connectivity index (χ0) is 13.3. The molecular weight excluding hydrogens is 222 g/mol. The van der Waals surface area contributed by atoms with Crippen LogP contribution in [0.3, 0.4) is 0 Å². The highest BCUT2D eigenvalue weighted by Crippen LogP contribution is 2.57. The SMILES string of the molecule is CCNC(c1ccc(OC)c(C)c1)C1CC1(C)C. The van der Waals surface area contributed by atoms with Gasteiger partial charge in [-0.05, 0) is 48.4 Å². The van der Waals surface area contributed by atoms with Crippen LogP contribution in [-0.4, -0.2) is 13.7 Å². The lowest BCUT2D eigenvalue weighted by Gasteiger charge is -2.21. The Morgan fingerprint density at radius 1 is 1.44 bits per heavy atom. The molecule has 0 bridgehead atoms. The standard InChI is InChI=1S/C16H25NO/c1-6-17-15(13-10-16(13,3)4)12-7-8-14(18-5)11(2)9-12/h7-9,13,15,17H,6,10H2,1-5H3. The molecule has 0 aromatic heterocycles. The van der Waals surface area contributed by atoms with Gasteiger partial charge in [-0.2, -0.15) is 0 Å². The molecule has 0 heterocycles. The van der Waals surface area contributed by atoms with Crippen LogP contribution in [0.4, 0.5) is 0 Å². The van der Waals surface area contributed by atoms with Crippen molar-refractivity contribution in [3.63, 3.8) is 0 Å². The van der Waals surface area contributed by atoms with Gasteiger partial charge in [-0.3, -0.25) is 0 Å². The molecule has 1 fully saturated rings. The molecule has 0 saturated heterocycles. The predicted octanol–water partition coefficient (Wildman–Crippen LogP) is 3.70. The molecule has 1 saturated carbocycles. The summed E-state index contributed by atoms with van der Waals surface area (Å²) in [5.74, 6) is 1.73. The third-order valence-corrected chi connectivity index (χ3v) is 4.19. The van der Waals surface area contributed by atoms with Crippen molar-refractivity contribution in [2.24, 2.45) is 11.3 Å². The highest BCUT2D eigenvalue weighted by atomic mass is 16.5. The first kappa shape index (κ1) is 13.4. The summed E-state index contributed by atoms with van der Waals surface area (Å²) in [6.07, 6.45) is 1.32. The lowest BCUT2D eigenvalue weighted by atomic mass is 9.95. The molecule has 1 aliphatic carbocycles. The van der Waals surface area contributed by atoms with Crippen molar-refractivity contribution in [3.05, 3.63) is 29.3 Å². The average Bonchev–Trinajstić information content (AvgIpc) is 2.95. The summed E-state index contributed by atoms with van der Waals surface area (Å²) in [7, 11) is 1.73. The Morgan fingerprint density at radius 2 is 2.11 bits per heavy atom. The molecule has 1 aromatic rings. The average molecular weight is 247 g/mol. The maximum atomic E-state index is 5.34. The van der Waals surface area contributed by atoms with Gasteiger partial charge >= 0.3 is 0 Å². The van der Waals surface area contributed by atoms with Crippen LogP contribution < -0.4 is 10.1 Å². The molecule has 2 atom stereocenters. The largest absolute Gasteiger partial charge is 0.496 e. The first-order valence-corrected chi connectivity index (χ1v) is 6.87. The summed E-state index contributed by atoms with van der Waals surface area (Å²) in [6, 6.07) is 7.04. The van der Waals surface area contributed by atoms with Crippen molar-refractivity contribution in [1.82, 2.24) is 5.32 Å². The van der Waals surface area contributed by atoms with E-state index in [1.54, 1.807) is 7.11 Å². The van der Waals surface area contributed by atoms with E-state index in [2.05, 4.69) is 51.2 Å². The van der Waals surface area contributed by atoms with Crippen molar-refractivity contribution in [3.8, 4) is 5.75 Å². The highest BCUT2D eigenvalue weighted by molar-refractivity contribution is 5.38. The number of benzene rings is 1. The molecular formula is C16H25NO. The van der Waals surface area contributed by atoms with Gasteiger partial charge in [0.25, 0.3) is 0 Å². The van der Waals surface area contributed by atoms with Gasteiger partial charge in [0.1, 0.15) is 5.75 Å². The van der Waals surface area contributed by atoms with Crippen molar-refractivity contribution >= 4 is 0 Å². The summed E-state index contributed by atoms with van der Waals surface area (Å²) in [4.78, 5) is 0. The summed E-state index contributed by atoms with van der Waals surface area (Å²) in [5.41, 5.74) is 3.10. The third kappa shape index (κ3) is 2.54. The van der Waals surface area contributed by atoms with E-state index in [0.717, 1.165) is 18.2 Å². The molecule has 0 radical (unpaired) electrons. The lowest BCUT2D eigenvalue weighted by molar-refractivity contribution is 0.407. The monoisotopic (exact) mass is 247 g/mol. The summed E-state index contributed by atoms with van der Waals surface area (Å²) in [5, 5.41) is 3.64. The van der Waals surface area contributed by atoms with Gasteiger partial charge < -0.3 is 10.1 Å². The Labute approximate surface area is 111 Å². The van der Waals surface area contributed by atoms with E-state index in [9.17, 15) is 0 Å². The summed E-state index contributed by atoms with van der Waals surface area (Å²) in [6.45, 7) is 10.0. The van der Waals surface area contributed by atoms with Gasteiger partial charge in [-0.25, -0.2) is 0 Å². The second kappa shape index (κ2) is 4.93. The zero-order valence-electron chi connectivity index (χ0n) is 12.2. The van der Waals surface area contributed by atoms with E-state index >= 15 is 0 Å². The van der Waals surface area contributed by atoms with Gasteiger partial charge in [0.15, 0.2) is 0 Å². The Morgan fingerprint density at radius 3 is 2.56 bits per heavy atom. The van der Waals surface area contributed by atoms with Crippen LogP contribution >= 0.6 is 0 Å². The van der Waals surface area contributed by atoms with Crippen LogP contribution in [0, 0.1) is 18.3 Å². The molecule has 2 rings (SSSR count). The van der Waals surface area contributed by atoms with Crippen molar-refractivity contribution < 1.29 is 4.74 Å². The van der Waals surface area contributed by atoms with E-state index < -0.39 is 0 Å². The zero-order valence-corrected chi connectivity index (χ0v) is 12.2. The van der Waals surface area contributed by atoms with Crippen LogP contribution in [0.2, 0.25) is 0 Å².